The first-order valence-electron chi connectivity index (χ1n) is 6.56. The van der Waals surface area contributed by atoms with Crippen LogP contribution in [-0.4, -0.2) is 11.2 Å². The first-order chi connectivity index (χ1) is 10.5. The van der Waals surface area contributed by atoms with Crippen molar-refractivity contribution in [3.63, 3.8) is 0 Å². The first kappa shape index (κ1) is 15.6. The maximum absolute atomic E-state index is 14.1. The summed E-state index contributed by atoms with van der Waals surface area (Å²) < 4.78 is 28.1. The number of allylic oxidation sites excluding steroid dienone is 3. The molecule has 5 heteroatoms. The Balaban J connectivity index is 2.50. The van der Waals surface area contributed by atoms with Gasteiger partial charge in [-0.3, -0.25) is 0 Å². The highest BCUT2D eigenvalue weighted by atomic mass is 19.1. The van der Waals surface area contributed by atoms with Crippen molar-refractivity contribution in [2.75, 3.05) is 0 Å². The highest BCUT2D eigenvalue weighted by Crippen LogP contribution is 2.28. The number of aromatic nitrogens is 1. The van der Waals surface area contributed by atoms with Gasteiger partial charge in [-0.2, -0.15) is 5.10 Å². The summed E-state index contributed by atoms with van der Waals surface area (Å²) in [6.45, 7) is 5.55. The molecule has 2 N–H and O–H groups in total. The number of hydrazone groups is 1. The molecule has 2 aromatic rings. The number of benzene rings is 1. The third kappa shape index (κ3) is 3.25. The maximum atomic E-state index is 14.1. The molecule has 0 aliphatic carbocycles. The van der Waals surface area contributed by atoms with Gasteiger partial charge in [0, 0.05) is 11.8 Å². The summed E-state index contributed by atoms with van der Waals surface area (Å²) >= 11 is 0. The Morgan fingerprint density at radius 1 is 1.23 bits per heavy atom. The van der Waals surface area contributed by atoms with Crippen molar-refractivity contribution in [1.29, 1.82) is 0 Å². The van der Waals surface area contributed by atoms with Crippen LogP contribution in [0, 0.1) is 18.6 Å². The Morgan fingerprint density at radius 2 is 2.00 bits per heavy atom. The lowest BCUT2D eigenvalue weighted by molar-refractivity contribution is 0.610. The van der Waals surface area contributed by atoms with Crippen LogP contribution >= 0.6 is 0 Å². The lowest BCUT2D eigenvalue weighted by Gasteiger charge is -2.10. The van der Waals surface area contributed by atoms with E-state index in [1.54, 1.807) is 31.2 Å². The van der Waals surface area contributed by atoms with E-state index in [1.807, 2.05) is 0 Å². The minimum atomic E-state index is -0.586. The molecule has 1 heterocycles. The molecule has 112 valence electrons. The van der Waals surface area contributed by atoms with Crippen molar-refractivity contribution in [2.24, 2.45) is 10.9 Å². The van der Waals surface area contributed by atoms with E-state index in [-0.39, 0.29) is 11.3 Å². The third-order valence-electron chi connectivity index (χ3n) is 3.10. The van der Waals surface area contributed by atoms with Crippen LogP contribution in [0.3, 0.4) is 0 Å². The molecular weight excluding hydrogens is 284 g/mol. The molecule has 0 aliphatic heterocycles. The molecule has 1 aromatic heterocycles. The van der Waals surface area contributed by atoms with Crippen molar-refractivity contribution in [2.45, 2.75) is 6.92 Å². The smallest absolute Gasteiger partial charge is 0.149 e. The van der Waals surface area contributed by atoms with Gasteiger partial charge in [-0.05, 0) is 42.3 Å². The number of rotatable bonds is 4. The number of pyridine rings is 1. The minimum absolute atomic E-state index is 0.0323. The van der Waals surface area contributed by atoms with Crippen LogP contribution in [-0.2, 0) is 0 Å². The zero-order valence-electron chi connectivity index (χ0n) is 12.1. The van der Waals surface area contributed by atoms with Gasteiger partial charge in [-0.25, -0.2) is 13.8 Å². The Kier molecular flexibility index (Phi) is 4.78. The number of hydrogen-bond donors (Lipinski definition) is 1. The van der Waals surface area contributed by atoms with Crippen molar-refractivity contribution in [1.82, 2.24) is 4.98 Å². The van der Waals surface area contributed by atoms with Gasteiger partial charge in [0.2, 0.25) is 0 Å². The Bertz CT molecular complexity index is 744. The second-order valence-electron chi connectivity index (χ2n) is 4.64. The summed E-state index contributed by atoms with van der Waals surface area (Å²) in [6.07, 6.45) is 4.60. The van der Waals surface area contributed by atoms with E-state index in [0.717, 1.165) is 0 Å². The van der Waals surface area contributed by atoms with Gasteiger partial charge in [0.05, 0.1) is 5.69 Å². The zero-order chi connectivity index (χ0) is 16.1. The zero-order valence-corrected chi connectivity index (χ0v) is 12.1. The lowest BCUT2D eigenvalue weighted by Crippen LogP contribution is -1.98. The Labute approximate surface area is 127 Å². The van der Waals surface area contributed by atoms with Gasteiger partial charge in [-0.1, -0.05) is 24.8 Å². The molecule has 0 saturated carbocycles. The molecular formula is C17H15F2N3. The third-order valence-corrected chi connectivity index (χ3v) is 3.10. The van der Waals surface area contributed by atoms with E-state index >= 15 is 0 Å². The predicted octanol–water partition coefficient (Wildman–Crippen LogP) is 3.85. The number of nitrogens with zero attached hydrogens (tertiary/aromatic N) is 2. The summed E-state index contributed by atoms with van der Waals surface area (Å²) in [6, 6.07) is 7.30. The number of aryl methyl sites for hydroxylation is 1. The highest BCUT2D eigenvalue weighted by molar-refractivity contribution is 5.79. The molecule has 1 aromatic carbocycles. The van der Waals surface area contributed by atoms with E-state index in [9.17, 15) is 8.78 Å². The summed E-state index contributed by atoms with van der Waals surface area (Å²) in [7, 11) is 0. The Hall–Kier alpha value is -2.82. The van der Waals surface area contributed by atoms with E-state index < -0.39 is 11.6 Å². The van der Waals surface area contributed by atoms with E-state index in [2.05, 4.69) is 16.7 Å². The largest absolute Gasteiger partial charge is 0.323 e. The molecule has 0 saturated heterocycles. The van der Waals surface area contributed by atoms with Gasteiger partial charge in [0.25, 0.3) is 0 Å². The fourth-order valence-electron chi connectivity index (χ4n) is 2.02. The van der Waals surface area contributed by atoms with Gasteiger partial charge in [0.1, 0.15) is 17.3 Å². The van der Waals surface area contributed by atoms with Crippen molar-refractivity contribution in [3.05, 3.63) is 72.0 Å². The molecule has 0 aliphatic rings. The molecule has 0 radical (unpaired) electrons. The molecule has 22 heavy (non-hydrogen) atoms. The minimum Gasteiger partial charge on any atom is -0.323 e. The monoisotopic (exact) mass is 299 g/mol. The highest BCUT2D eigenvalue weighted by Gasteiger charge is 2.15. The van der Waals surface area contributed by atoms with Crippen molar-refractivity contribution >= 4 is 11.8 Å². The fourth-order valence-corrected chi connectivity index (χ4v) is 2.02. The van der Waals surface area contributed by atoms with E-state index in [0.29, 0.717) is 16.8 Å². The average molecular weight is 299 g/mol. The van der Waals surface area contributed by atoms with Gasteiger partial charge >= 0.3 is 0 Å². The molecule has 2 rings (SSSR count). The van der Waals surface area contributed by atoms with Crippen LogP contribution in [0.25, 0.3) is 16.8 Å². The first-order valence-corrected chi connectivity index (χ1v) is 6.56. The second kappa shape index (κ2) is 6.76. The SMILES string of the molecule is C=C(/C=C\C=N/N)c1ccc(F)c(-c2c(C)cccc2F)n1. The van der Waals surface area contributed by atoms with Gasteiger partial charge < -0.3 is 5.84 Å². The predicted molar refractivity (Wildman–Crippen MR) is 85.2 cm³/mol. The lowest BCUT2D eigenvalue weighted by atomic mass is 10.0. The molecule has 0 atom stereocenters. The number of nitrogens with two attached hydrogens (primary N) is 1. The van der Waals surface area contributed by atoms with E-state index in [4.69, 9.17) is 5.84 Å². The average Bonchev–Trinajstić information content (AvgIpc) is 2.49. The van der Waals surface area contributed by atoms with Gasteiger partial charge in [-0.15, -0.1) is 0 Å². The molecule has 0 spiro atoms. The van der Waals surface area contributed by atoms with Crippen LogP contribution in [0.5, 0.6) is 0 Å². The van der Waals surface area contributed by atoms with Crippen LogP contribution in [0.4, 0.5) is 8.78 Å². The molecule has 0 bridgehead atoms. The topological polar surface area (TPSA) is 51.3 Å². The summed E-state index contributed by atoms with van der Waals surface area (Å²) in [5.74, 6) is 3.89. The number of hydrogen-bond acceptors (Lipinski definition) is 3. The van der Waals surface area contributed by atoms with Gasteiger partial charge in [0.15, 0.2) is 0 Å². The molecule has 3 nitrogen and oxygen atoms in total. The van der Waals surface area contributed by atoms with Crippen LogP contribution in [0.2, 0.25) is 0 Å². The van der Waals surface area contributed by atoms with Crippen LogP contribution in [0.15, 0.2) is 54.2 Å². The molecule has 0 fully saturated rings. The summed E-state index contributed by atoms with van der Waals surface area (Å²) in [5.41, 5.74) is 1.72. The summed E-state index contributed by atoms with van der Waals surface area (Å²) in [5, 5.41) is 3.32. The quantitative estimate of drug-likeness (QED) is 0.403. The van der Waals surface area contributed by atoms with Crippen molar-refractivity contribution in [3.8, 4) is 11.3 Å². The molecule has 0 unspecified atom stereocenters. The van der Waals surface area contributed by atoms with Crippen LogP contribution < -0.4 is 5.84 Å². The summed E-state index contributed by atoms with van der Waals surface area (Å²) in [4.78, 5) is 4.20. The second-order valence-corrected chi connectivity index (χ2v) is 4.64. The Morgan fingerprint density at radius 3 is 2.68 bits per heavy atom. The van der Waals surface area contributed by atoms with Crippen LogP contribution in [0.1, 0.15) is 11.3 Å². The fraction of sp³-hybridized carbons (Fsp3) is 0.0588. The standard InChI is InChI=1S/C17H15F2N3/c1-11(6-4-10-21-20)15-9-8-14(19)17(22-15)16-12(2)5-3-7-13(16)18/h3-10H,1,20H2,2H3/b6-4-,21-10-. The maximum Gasteiger partial charge on any atom is 0.149 e. The number of halogens is 2. The molecule has 0 amide bonds. The van der Waals surface area contributed by atoms with Crippen molar-refractivity contribution < 1.29 is 8.78 Å². The normalized spacial score (nSPS) is 11.4. The van der Waals surface area contributed by atoms with E-state index in [1.165, 1.54) is 24.4 Å².